The Morgan fingerprint density at radius 2 is 2.17 bits per heavy atom. The van der Waals surface area contributed by atoms with Crippen molar-refractivity contribution < 1.29 is 23.8 Å². The van der Waals surface area contributed by atoms with E-state index in [2.05, 4.69) is 15.4 Å². The number of carboxylic acid groups (broad SMARTS) is 1. The summed E-state index contributed by atoms with van der Waals surface area (Å²) < 4.78 is 25.7. The Bertz CT molecular complexity index is 1270. The van der Waals surface area contributed by atoms with E-state index in [-0.39, 0.29) is 34.7 Å². The van der Waals surface area contributed by atoms with Crippen LogP contribution in [-0.4, -0.2) is 45.3 Å². The van der Waals surface area contributed by atoms with Crippen LogP contribution in [-0.2, 0) is 11.2 Å². The van der Waals surface area contributed by atoms with E-state index in [1.165, 1.54) is 24.5 Å². The molecule has 1 aliphatic rings. The number of aromatic carboxylic acids is 1. The average molecular weight is 503 g/mol. The molecule has 35 heavy (non-hydrogen) atoms. The van der Waals surface area contributed by atoms with Gasteiger partial charge in [-0.25, -0.2) is 14.2 Å². The maximum absolute atomic E-state index is 13.9. The summed E-state index contributed by atoms with van der Waals surface area (Å²) in [6.07, 6.45) is 3.56. The number of aromatic nitrogens is 3. The molecule has 1 aliphatic heterocycles. The monoisotopic (exact) mass is 502 g/mol. The van der Waals surface area contributed by atoms with Crippen LogP contribution in [0.25, 0.3) is 5.69 Å². The maximum atomic E-state index is 13.9. The second-order valence-corrected chi connectivity index (χ2v) is 8.42. The minimum absolute atomic E-state index is 0.0136. The predicted molar refractivity (Wildman–Crippen MR) is 128 cm³/mol. The van der Waals surface area contributed by atoms with Gasteiger partial charge in [-0.3, -0.25) is 4.79 Å². The lowest BCUT2D eigenvalue weighted by Gasteiger charge is -2.26. The number of hydrogen-bond acceptors (Lipinski definition) is 7. The van der Waals surface area contributed by atoms with Gasteiger partial charge in [0.15, 0.2) is 0 Å². The summed E-state index contributed by atoms with van der Waals surface area (Å²) in [6, 6.07) is 7.92. The van der Waals surface area contributed by atoms with Crippen molar-refractivity contribution >= 4 is 23.3 Å². The van der Waals surface area contributed by atoms with Gasteiger partial charge in [0, 0.05) is 18.5 Å². The number of halogens is 2. The van der Waals surface area contributed by atoms with E-state index in [1.54, 1.807) is 18.2 Å². The lowest BCUT2D eigenvalue weighted by Crippen LogP contribution is -2.31. The average Bonchev–Trinajstić information content (AvgIpc) is 2.86. The van der Waals surface area contributed by atoms with Crippen LogP contribution in [0.2, 0.25) is 5.02 Å². The highest BCUT2D eigenvalue weighted by Gasteiger charge is 2.25. The smallest absolute Gasteiger partial charge is 0.339 e. The first-order valence-corrected chi connectivity index (χ1v) is 11.5. The highest BCUT2D eigenvalue weighted by atomic mass is 35.5. The van der Waals surface area contributed by atoms with Crippen LogP contribution in [0.5, 0.6) is 11.6 Å². The van der Waals surface area contributed by atoms with Crippen molar-refractivity contribution in [2.45, 2.75) is 32.5 Å². The molecule has 11 heteroatoms. The molecule has 0 radical (unpaired) electrons. The van der Waals surface area contributed by atoms with Crippen LogP contribution in [0.1, 0.15) is 35.7 Å². The molecule has 9 nitrogen and oxygen atoms in total. The topological polar surface area (TPSA) is 116 Å². The number of carbonyl (C=O) groups is 1. The fourth-order valence-corrected chi connectivity index (χ4v) is 3.90. The number of benzene rings is 1. The Balaban J connectivity index is 1.50. The summed E-state index contributed by atoms with van der Waals surface area (Å²) in [5, 5.41) is 16.4. The second-order valence-electron chi connectivity index (χ2n) is 8.04. The summed E-state index contributed by atoms with van der Waals surface area (Å²) in [5.41, 5.74) is 0.989. The van der Waals surface area contributed by atoms with Gasteiger partial charge < -0.3 is 19.9 Å². The first-order valence-electron chi connectivity index (χ1n) is 11.1. The van der Waals surface area contributed by atoms with E-state index in [0.717, 1.165) is 16.7 Å². The Hall–Kier alpha value is -3.50. The highest BCUT2D eigenvalue weighted by molar-refractivity contribution is 6.32. The van der Waals surface area contributed by atoms with Gasteiger partial charge in [0.05, 0.1) is 30.4 Å². The largest absolute Gasteiger partial charge is 0.478 e. The molecular weight excluding hydrogens is 479 g/mol. The summed E-state index contributed by atoms with van der Waals surface area (Å²) >= 11 is 6.26. The van der Waals surface area contributed by atoms with Gasteiger partial charge in [-0.1, -0.05) is 24.6 Å². The Morgan fingerprint density at radius 3 is 2.86 bits per heavy atom. The van der Waals surface area contributed by atoms with E-state index in [9.17, 15) is 19.1 Å². The minimum Gasteiger partial charge on any atom is -0.478 e. The molecule has 0 saturated carbocycles. The minimum atomic E-state index is -1.36. The Labute approximate surface area is 205 Å². The van der Waals surface area contributed by atoms with E-state index < -0.39 is 17.9 Å². The van der Waals surface area contributed by atoms with Crippen molar-refractivity contribution in [1.82, 2.24) is 14.8 Å². The van der Waals surface area contributed by atoms with Gasteiger partial charge in [0.25, 0.3) is 5.56 Å². The van der Waals surface area contributed by atoms with E-state index in [0.29, 0.717) is 30.8 Å². The lowest BCUT2D eigenvalue weighted by molar-refractivity contribution is -0.102. The maximum Gasteiger partial charge on any atom is 0.339 e. The third kappa shape index (κ3) is 5.60. The van der Waals surface area contributed by atoms with Gasteiger partial charge in [-0.2, -0.15) is 9.78 Å². The van der Waals surface area contributed by atoms with Crippen LogP contribution >= 0.6 is 11.6 Å². The van der Waals surface area contributed by atoms with Crippen molar-refractivity contribution in [2.75, 3.05) is 18.5 Å². The second kappa shape index (κ2) is 10.8. The number of carboxylic acids is 1. The Morgan fingerprint density at radius 1 is 1.34 bits per heavy atom. The molecule has 2 atom stereocenters. The van der Waals surface area contributed by atoms with Crippen LogP contribution in [0.15, 0.2) is 47.5 Å². The third-order valence-corrected chi connectivity index (χ3v) is 6.07. The molecule has 1 unspecified atom stereocenters. The molecular formula is C24H24ClFN4O5. The van der Waals surface area contributed by atoms with Gasteiger partial charge in [0.1, 0.15) is 16.3 Å². The number of aryl methyl sites for hydroxylation is 1. The van der Waals surface area contributed by atoms with E-state index >= 15 is 0 Å². The Kier molecular flexibility index (Phi) is 7.62. The van der Waals surface area contributed by atoms with Gasteiger partial charge in [-0.05, 0) is 43.0 Å². The molecule has 0 aliphatic carbocycles. The summed E-state index contributed by atoms with van der Waals surface area (Å²) in [6.45, 7) is 2.61. The number of pyridine rings is 1. The fourth-order valence-electron chi connectivity index (χ4n) is 3.70. The van der Waals surface area contributed by atoms with Crippen molar-refractivity contribution in [2.24, 2.45) is 5.92 Å². The number of rotatable bonds is 8. The highest BCUT2D eigenvalue weighted by Crippen LogP contribution is 2.27. The molecule has 0 bridgehead atoms. The number of nitrogens with one attached hydrogen (secondary N) is 1. The number of nitrogens with zero attached hydrogens (tertiary/aromatic N) is 3. The first-order chi connectivity index (χ1) is 16.9. The molecule has 1 saturated heterocycles. The summed E-state index contributed by atoms with van der Waals surface area (Å²) in [5.74, 6) is -1.13. The zero-order valence-electron chi connectivity index (χ0n) is 18.9. The number of hydrogen-bond donors (Lipinski definition) is 2. The van der Waals surface area contributed by atoms with Crippen molar-refractivity contribution in [3.8, 4) is 17.3 Å². The van der Waals surface area contributed by atoms with E-state index in [4.69, 9.17) is 21.1 Å². The van der Waals surface area contributed by atoms with Crippen molar-refractivity contribution in [3.05, 3.63) is 69.2 Å². The van der Waals surface area contributed by atoms with Gasteiger partial charge in [0.2, 0.25) is 12.2 Å². The summed E-state index contributed by atoms with van der Waals surface area (Å²) in [7, 11) is 0. The standard InChI is InChI=1S/C24H24ClFN4O5/c1-2-14-5-7-17(24(32)33)19(10-14)35-20-8-6-16(12-28-20)30-23(31)21(25)18(13-29-30)27-11-15-4-3-9-34-22(15)26/h5-8,10,12-13,15,22,27H,2-4,9,11H2,1H3,(H,32,33)/t15-,22?/m0/s1. The van der Waals surface area contributed by atoms with E-state index in [1.807, 2.05) is 6.92 Å². The fraction of sp³-hybridized carbons (Fsp3) is 0.333. The van der Waals surface area contributed by atoms with Gasteiger partial charge in [-0.15, -0.1) is 0 Å². The molecule has 2 aromatic heterocycles. The van der Waals surface area contributed by atoms with Crippen LogP contribution in [0.3, 0.4) is 0 Å². The van der Waals surface area contributed by atoms with Crippen molar-refractivity contribution in [3.63, 3.8) is 0 Å². The molecule has 1 aromatic carbocycles. The molecule has 1 fully saturated rings. The zero-order chi connectivity index (χ0) is 24.9. The zero-order valence-corrected chi connectivity index (χ0v) is 19.7. The van der Waals surface area contributed by atoms with Crippen LogP contribution in [0, 0.1) is 5.92 Å². The van der Waals surface area contributed by atoms with Crippen molar-refractivity contribution in [1.29, 1.82) is 0 Å². The number of alkyl halides is 1. The SMILES string of the molecule is CCc1ccc(C(=O)O)c(Oc2ccc(-n3ncc(NC[C@@H]4CCCOC4F)c(Cl)c3=O)cn2)c1. The normalized spacial score (nSPS) is 17.7. The summed E-state index contributed by atoms with van der Waals surface area (Å²) in [4.78, 5) is 28.5. The molecule has 2 N–H and O–H groups in total. The number of ether oxygens (including phenoxy) is 2. The quantitative estimate of drug-likeness (QED) is 0.463. The number of anilines is 1. The molecule has 3 heterocycles. The lowest BCUT2D eigenvalue weighted by atomic mass is 10.0. The molecule has 3 aromatic rings. The predicted octanol–water partition coefficient (Wildman–Crippen LogP) is 4.47. The molecule has 0 amide bonds. The van der Waals surface area contributed by atoms with Crippen LogP contribution in [0.4, 0.5) is 10.1 Å². The first kappa shape index (κ1) is 24.6. The molecule has 4 rings (SSSR count). The molecule has 184 valence electrons. The van der Waals surface area contributed by atoms with Gasteiger partial charge >= 0.3 is 5.97 Å². The third-order valence-electron chi connectivity index (χ3n) is 5.71. The van der Waals surface area contributed by atoms with Crippen LogP contribution < -0.4 is 15.6 Å². The molecule has 0 spiro atoms.